The fraction of sp³-hybridized carbons (Fsp3) is 0.263. The van der Waals surface area contributed by atoms with Crippen molar-refractivity contribution in [3.63, 3.8) is 0 Å². The van der Waals surface area contributed by atoms with E-state index < -0.39 is 9.71 Å². The van der Waals surface area contributed by atoms with Crippen molar-refractivity contribution >= 4 is 21.5 Å². The number of amides is 1. The molecule has 25 heavy (non-hydrogen) atoms. The van der Waals surface area contributed by atoms with Gasteiger partial charge in [-0.3, -0.25) is 9.52 Å². The summed E-state index contributed by atoms with van der Waals surface area (Å²) in [7, 11) is -2.53. The molecule has 1 atom stereocenters. The van der Waals surface area contributed by atoms with Crippen LogP contribution in [0.5, 0.6) is 17.2 Å². The van der Waals surface area contributed by atoms with Gasteiger partial charge in [0.1, 0.15) is 17.2 Å². The summed E-state index contributed by atoms with van der Waals surface area (Å²) in [6.07, 6.45) is 2.19. The second kappa shape index (κ2) is 7.61. The Bertz CT molecular complexity index is 848. The maximum atomic E-state index is 11.8. The fourth-order valence-electron chi connectivity index (χ4n) is 2.53. The molecule has 2 aromatic rings. The molecule has 0 aromatic heterocycles. The highest BCUT2D eigenvalue weighted by Gasteiger charge is 2.10. The Morgan fingerprint density at radius 2 is 1.76 bits per heavy atom. The molecule has 2 rings (SSSR count). The molecule has 5 nitrogen and oxygen atoms in total. The number of phenols is 1. The fourth-order valence-corrected chi connectivity index (χ4v) is 3.11. The average Bonchev–Trinajstić information content (AvgIpc) is 2.49. The van der Waals surface area contributed by atoms with Crippen molar-refractivity contribution in [2.24, 2.45) is 0 Å². The third kappa shape index (κ3) is 5.83. The van der Waals surface area contributed by atoms with Crippen LogP contribution in [0.2, 0.25) is 0 Å². The Hall–Kier alpha value is -2.47. The SMILES string of the molecule is C=S(C)(=O)NC(=O)CCc1cc(C)c(Oc2ccc(O)cc2)c(C)c1. The predicted molar refractivity (Wildman–Crippen MR) is 102 cm³/mol. The summed E-state index contributed by atoms with van der Waals surface area (Å²) in [6.45, 7) is 3.89. The molecule has 0 fully saturated rings. The molecule has 2 aromatic carbocycles. The van der Waals surface area contributed by atoms with Gasteiger partial charge in [-0.1, -0.05) is 12.1 Å². The van der Waals surface area contributed by atoms with Crippen molar-refractivity contribution in [3.05, 3.63) is 53.1 Å². The van der Waals surface area contributed by atoms with Crippen molar-refractivity contribution in [1.82, 2.24) is 4.72 Å². The number of aromatic hydroxyl groups is 1. The molecule has 0 aliphatic carbocycles. The first-order valence-corrected chi connectivity index (χ1v) is 9.97. The van der Waals surface area contributed by atoms with E-state index in [1.54, 1.807) is 24.3 Å². The summed E-state index contributed by atoms with van der Waals surface area (Å²) in [5, 5.41) is 9.33. The highest BCUT2D eigenvalue weighted by Crippen LogP contribution is 2.31. The lowest BCUT2D eigenvalue weighted by Gasteiger charge is -2.14. The van der Waals surface area contributed by atoms with Gasteiger partial charge in [0.15, 0.2) is 0 Å². The highest BCUT2D eigenvalue weighted by atomic mass is 32.2. The van der Waals surface area contributed by atoms with Gasteiger partial charge < -0.3 is 9.84 Å². The Balaban J connectivity index is 2.09. The molecule has 2 N–H and O–H groups in total. The number of carbonyl (C=O) groups is 1. The number of rotatable bonds is 6. The maximum absolute atomic E-state index is 11.8. The summed E-state index contributed by atoms with van der Waals surface area (Å²) in [5.74, 6) is 4.73. The van der Waals surface area contributed by atoms with Crippen LogP contribution in [-0.4, -0.2) is 27.3 Å². The highest BCUT2D eigenvalue weighted by molar-refractivity contribution is 7.98. The molecule has 1 unspecified atom stereocenters. The van der Waals surface area contributed by atoms with Crippen LogP contribution in [0.3, 0.4) is 0 Å². The van der Waals surface area contributed by atoms with E-state index >= 15 is 0 Å². The second-order valence-electron chi connectivity index (χ2n) is 6.18. The van der Waals surface area contributed by atoms with Gasteiger partial charge in [0.25, 0.3) is 0 Å². The Morgan fingerprint density at radius 1 is 1.20 bits per heavy atom. The summed E-state index contributed by atoms with van der Waals surface area (Å²) in [4.78, 5) is 11.8. The summed E-state index contributed by atoms with van der Waals surface area (Å²) in [6, 6.07) is 10.5. The predicted octanol–water partition coefficient (Wildman–Crippen LogP) is 3.11. The Labute approximate surface area is 148 Å². The van der Waals surface area contributed by atoms with Gasteiger partial charge in [-0.2, -0.15) is 0 Å². The van der Waals surface area contributed by atoms with Crippen LogP contribution in [0, 0.1) is 13.8 Å². The molecule has 0 saturated heterocycles. The van der Waals surface area contributed by atoms with E-state index in [1.807, 2.05) is 26.0 Å². The molecule has 6 heteroatoms. The van der Waals surface area contributed by atoms with Gasteiger partial charge in [-0.25, -0.2) is 4.21 Å². The zero-order valence-corrected chi connectivity index (χ0v) is 15.5. The number of hydrogen-bond donors (Lipinski definition) is 2. The normalized spacial score (nSPS) is 13.1. The number of carbonyl (C=O) groups excluding carboxylic acids is 1. The standard InChI is InChI=1S/C19H23NO4S/c1-13-11-15(5-10-18(22)20-25(3,4)23)12-14(2)19(13)24-17-8-6-16(21)7-9-17/h6-9,11-12,21H,3,5,10H2,1-2,4H3,(H,20,22,23). The van der Waals surface area contributed by atoms with Crippen LogP contribution in [0.1, 0.15) is 23.1 Å². The van der Waals surface area contributed by atoms with Crippen molar-refractivity contribution in [1.29, 1.82) is 0 Å². The zero-order valence-electron chi connectivity index (χ0n) is 14.7. The minimum Gasteiger partial charge on any atom is -0.508 e. The molecular formula is C19H23NO4S. The first-order valence-electron chi connectivity index (χ1n) is 7.84. The van der Waals surface area contributed by atoms with Crippen molar-refractivity contribution in [2.75, 3.05) is 6.26 Å². The topological polar surface area (TPSA) is 75.6 Å². The summed E-state index contributed by atoms with van der Waals surface area (Å²) in [5.41, 5.74) is 2.93. The second-order valence-corrected chi connectivity index (χ2v) is 8.40. The first kappa shape index (κ1) is 18.9. The van der Waals surface area contributed by atoms with E-state index in [0.29, 0.717) is 12.2 Å². The lowest BCUT2D eigenvalue weighted by molar-refractivity contribution is -0.119. The van der Waals surface area contributed by atoms with Crippen LogP contribution in [0.4, 0.5) is 0 Å². The number of benzene rings is 2. The summed E-state index contributed by atoms with van der Waals surface area (Å²) >= 11 is 0. The van der Waals surface area contributed by atoms with Gasteiger partial charge in [0.05, 0.1) is 0 Å². The number of phenolic OH excluding ortho intramolecular Hbond substituents is 1. The van der Waals surface area contributed by atoms with Crippen molar-refractivity contribution < 1.29 is 18.8 Å². The van der Waals surface area contributed by atoms with E-state index in [-0.39, 0.29) is 18.1 Å². The first-order chi connectivity index (χ1) is 11.6. The minimum atomic E-state index is -2.53. The van der Waals surface area contributed by atoms with Gasteiger partial charge in [-0.05, 0) is 67.1 Å². The Kier molecular flexibility index (Phi) is 5.74. The van der Waals surface area contributed by atoms with Crippen LogP contribution >= 0.6 is 0 Å². The lowest BCUT2D eigenvalue weighted by Crippen LogP contribution is -2.29. The van der Waals surface area contributed by atoms with E-state index in [9.17, 15) is 14.1 Å². The van der Waals surface area contributed by atoms with E-state index in [0.717, 1.165) is 22.4 Å². The van der Waals surface area contributed by atoms with E-state index in [2.05, 4.69) is 10.6 Å². The maximum Gasteiger partial charge on any atom is 0.231 e. The van der Waals surface area contributed by atoms with Crippen LogP contribution in [0.25, 0.3) is 0 Å². The van der Waals surface area contributed by atoms with E-state index in [4.69, 9.17) is 4.74 Å². The van der Waals surface area contributed by atoms with Gasteiger partial charge in [-0.15, -0.1) is 0 Å². The summed E-state index contributed by atoms with van der Waals surface area (Å²) < 4.78 is 19.8. The van der Waals surface area contributed by atoms with E-state index in [1.165, 1.54) is 6.26 Å². The van der Waals surface area contributed by atoms with Gasteiger partial charge in [0, 0.05) is 22.4 Å². The molecule has 0 aliphatic rings. The molecule has 0 radical (unpaired) electrons. The third-order valence-corrected chi connectivity index (χ3v) is 4.21. The molecular weight excluding hydrogens is 338 g/mol. The van der Waals surface area contributed by atoms with Crippen molar-refractivity contribution in [3.8, 4) is 17.2 Å². The van der Waals surface area contributed by atoms with Crippen LogP contribution < -0.4 is 9.46 Å². The average molecular weight is 361 g/mol. The van der Waals surface area contributed by atoms with Crippen molar-refractivity contribution in [2.45, 2.75) is 26.7 Å². The smallest absolute Gasteiger partial charge is 0.231 e. The van der Waals surface area contributed by atoms with Crippen LogP contribution in [0.15, 0.2) is 36.4 Å². The number of aryl methyl sites for hydroxylation is 3. The molecule has 0 heterocycles. The number of hydrogen-bond acceptors (Lipinski definition) is 4. The zero-order chi connectivity index (χ0) is 18.6. The monoisotopic (exact) mass is 361 g/mol. The quantitative estimate of drug-likeness (QED) is 0.775. The van der Waals surface area contributed by atoms with Gasteiger partial charge in [0.2, 0.25) is 5.91 Å². The molecule has 134 valence electrons. The molecule has 1 amide bonds. The molecule has 0 saturated carbocycles. The van der Waals surface area contributed by atoms with Gasteiger partial charge >= 0.3 is 0 Å². The number of ether oxygens (including phenoxy) is 1. The lowest BCUT2D eigenvalue weighted by atomic mass is 10.0. The molecule has 0 aliphatic heterocycles. The molecule has 0 bridgehead atoms. The minimum absolute atomic E-state index is 0.188. The largest absolute Gasteiger partial charge is 0.508 e. The van der Waals surface area contributed by atoms with Crippen LogP contribution in [-0.2, 0) is 20.9 Å². The third-order valence-electron chi connectivity index (χ3n) is 3.55. The number of nitrogens with one attached hydrogen (secondary N) is 1. The Morgan fingerprint density at radius 3 is 2.28 bits per heavy atom. The molecule has 0 spiro atoms.